The molecular weight excluding hydrogens is 252 g/mol. The van der Waals surface area contributed by atoms with E-state index in [9.17, 15) is 16.8 Å². The molecular formula is C9H12O5S2. The van der Waals surface area contributed by atoms with Gasteiger partial charge in [-0.05, 0) is 12.1 Å². The fourth-order valence-corrected chi connectivity index (χ4v) is 2.64. The van der Waals surface area contributed by atoms with E-state index in [1.165, 1.54) is 12.1 Å². The summed E-state index contributed by atoms with van der Waals surface area (Å²) >= 11 is 0. The summed E-state index contributed by atoms with van der Waals surface area (Å²) in [6, 6.07) is 7.81. The van der Waals surface area contributed by atoms with Gasteiger partial charge in [-0.2, -0.15) is 8.42 Å². The van der Waals surface area contributed by atoms with Crippen molar-refractivity contribution in [3.63, 3.8) is 0 Å². The van der Waals surface area contributed by atoms with Crippen molar-refractivity contribution >= 4 is 20.0 Å². The Bertz CT molecular complexity index is 531. The van der Waals surface area contributed by atoms with Crippen LogP contribution in [-0.4, -0.2) is 35.5 Å². The van der Waals surface area contributed by atoms with Crippen molar-refractivity contribution in [3.05, 3.63) is 30.3 Å². The summed E-state index contributed by atoms with van der Waals surface area (Å²) in [5.74, 6) is -0.357. The molecule has 0 aliphatic rings. The van der Waals surface area contributed by atoms with Crippen LogP contribution in [0.15, 0.2) is 35.2 Å². The molecule has 0 saturated heterocycles. The van der Waals surface area contributed by atoms with Gasteiger partial charge in [-0.1, -0.05) is 18.2 Å². The molecule has 0 radical (unpaired) electrons. The van der Waals surface area contributed by atoms with E-state index in [1.807, 2.05) is 0 Å². The van der Waals surface area contributed by atoms with Gasteiger partial charge in [0.25, 0.3) is 10.1 Å². The van der Waals surface area contributed by atoms with E-state index in [2.05, 4.69) is 4.18 Å². The Kier molecular flexibility index (Phi) is 4.06. The third-order valence-electron chi connectivity index (χ3n) is 1.75. The lowest BCUT2D eigenvalue weighted by Crippen LogP contribution is -2.15. The van der Waals surface area contributed by atoms with Crippen LogP contribution in [0, 0.1) is 0 Å². The quantitative estimate of drug-likeness (QED) is 0.721. The molecule has 1 aromatic rings. The van der Waals surface area contributed by atoms with E-state index in [-0.39, 0.29) is 17.3 Å². The van der Waals surface area contributed by atoms with E-state index < -0.39 is 20.0 Å². The van der Waals surface area contributed by atoms with Crippen molar-refractivity contribution in [1.29, 1.82) is 0 Å². The Balaban J connectivity index is 2.68. The molecule has 90 valence electrons. The summed E-state index contributed by atoms with van der Waals surface area (Å²) in [6.07, 6.45) is 0.877. The van der Waals surface area contributed by atoms with Crippen molar-refractivity contribution < 1.29 is 21.0 Å². The molecule has 1 aromatic carbocycles. The van der Waals surface area contributed by atoms with E-state index in [0.717, 1.165) is 6.26 Å². The van der Waals surface area contributed by atoms with Crippen LogP contribution in [0.2, 0.25) is 0 Å². The molecule has 0 atom stereocenters. The zero-order valence-electron chi connectivity index (χ0n) is 8.66. The molecule has 0 aliphatic heterocycles. The fraction of sp³-hybridized carbons (Fsp3) is 0.333. The van der Waals surface area contributed by atoms with Crippen molar-refractivity contribution in [1.82, 2.24) is 0 Å². The van der Waals surface area contributed by atoms with Gasteiger partial charge in [0.15, 0.2) is 9.84 Å². The van der Waals surface area contributed by atoms with Gasteiger partial charge in [-0.25, -0.2) is 8.42 Å². The molecule has 0 heterocycles. The SMILES string of the molecule is CS(=O)(=O)OCCS(=O)(=O)c1ccccc1. The zero-order valence-corrected chi connectivity index (χ0v) is 10.3. The highest BCUT2D eigenvalue weighted by atomic mass is 32.2. The topological polar surface area (TPSA) is 77.5 Å². The lowest BCUT2D eigenvalue weighted by molar-refractivity contribution is 0.343. The van der Waals surface area contributed by atoms with Gasteiger partial charge in [0.05, 0.1) is 23.5 Å². The highest BCUT2D eigenvalue weighted by molar-refractivity contribution is 7.91. The summed E-state index contributed by atoms with van der Waals surface area (Å²) in [5.41, 5.74) is 0. The Morgan fingerprint density at radius 1 is 1.06 bits per heavy atom. The van der Waals surface area contributed by atoms with Gasteiger partial charge in [-0.3, -0.25) is 4.18 Å². The molecule has 5 nitrogen and oxygen atoms in total. The molecule has 0 N–H and O–H groups in total. The maximum atomic E-state index is 11.6. The van der Waals surface area contributed by atoms with Gasteiger partial charge >= 0.3 is 0 Å². The summed E-state index contributed by atoms with van der Waals surface area (Å²) in [4.78, 5) is 0.159. The Labute approximate surface area is 95.1 Å². The van der Waals surface area contributed by atoms with Gasteiger partial charge in [0, 0.05) is 0 Å². The van der Waals surface area contributed by atoms with Crippen LogP contribution in [-0.2, 0) is 24.1 Å². The van der Waals surface area contributed by atoms with Crippen LogP contribution in [0.5, 0.6) is 0 Å². The predicted octanol–water partition coefficient (Wildman–Crippen LogP) is 0.436. The number of benzene rings is 1. The van der Waals surface area contributed by atoms with Gasteiger partial charge in [0.1, 0.15) is 0 Å². The summed E-state index contributed by atoms with van der Waals surface area (Å²) < 4.78 is 48.9. The van der Waals surface area contributed by atoms with E-state index >= 15 is 0 Å². The largest absolute Gasteiger partial charge is 0.269 e. The molecule has 0 bridgehead atoms. The lowest BCUT2D eigenvalue weighted by atomic mass is 10.4. The van der Waals surface area contributed by atoms with Crippen molar-refractivity contribution in [2.75, 3.05) is 18.6 Å². The molecule has 0 fully saturated rings. The van der Waals surface area contributed by atoms with E-state index in [1.54, 1.807) is 18.2 Å². The third kappa shape index (κ3) is 4.30. The number of rotatable bonds is 5. The lowest BCUT2D eigenvalue weighted by Gasteiger charge is -2.03. The second-order valence-electron chi connectivity index (χ2n) is 3.16. The van der Waals surface area contributed by atoms with Crippen LogP contribution in [0.3, 0.4) is 0 Å². The van der Waals surface area contributed by atoms with E-state index in [0.29, 0.717) is 0 Å². The van der Waals surface area contributed by atoms with Crippen LogP contribution >= 0.6 is 0 Å². The van der Waals surface area contributed by atoms with Gasteiger partial charge in [-0.15, -0.1) is 0 Å². The molecule has 16 heavy (non-hydrogen) atoms. The first kappa shape index (κ1) is 13.1. The maximum absolute atomic E-state index is 11.6. The first-order valence-electron chi connectivity index (χ1n) is 4.43. The molecule has 0 spiro atoms. The minimum atomic E-state index is -3.59. The number of sulfone groups is 1. The van der Waals surface area contributed by atoms with Gasteiger partial charge < -0.3 is 0 Å². The Morgan fingerprint density at radius 2 is 1.62 bits per heavy atom. The highest BCUT2D eigenvalue weighted by Gasteiger charge is 2.14. The summed E-state index contributed by atoms with van der Waals surface area (Å²) in [5, 5.41) is 0. The molecule has 0 aromatic heterocycles. The average molecular weight is 264 g/mol. The highest BCUT2D eigenvalue weighted by Crippen LogP contribution is 2.09. The molecule has 1 rings (SSSR count). The maximum Gasteiger partial charge on any atom is 0.264 e. The zero-order chi connectivity index (χ0) is 12.2. The predicted molar refractivity (Wildman–Crippen MR) is 59.3 cm³/mol. The molecule has 7 heteroatoms. The fourth-order valence-electron chi connectivity index (χ4n) is 1.04. The number of hydrogen-bond acceptors (Lipinski definition) is 5. The average Bonchev–Trinajstić information content (AvgIpc) is 2.17. The normalized spacial score (nSPS) is 12.6. The minimum absolute atomic E-state index is 0.159. The smallest absolute Gasteiger partial charge is 0.264 e. The first-order valence-corrected chi connectivity index (χ1v) is 7.90. The Morgan fingerprint density at radius 3 is 2.12 bits per heavy atom. The molecule has 0 aliphatic carbocycles. The molecule has 0 amide bonds. The van der Waals surface area contributed by atoms with Crippen LogP contribution < -0.4 is 0 Å². The van der Waals surface area contributed by atoms with Crippen molar-refractivity contribution in [3.8, 4) is 0 Å². The monoisotopic (exact) mass is 264 g/mol. The van der Waals surface area contributed by atoms with Crippen LogP contribution in [0.1, 0.15) is 0 Å². The van der Waals surface area contributed by atoms with E-state index in [4.69, 9.17) is 0 Å². The second-order valence-corrected chi connectivity index (χ2v) is 6.91. The summed E-state index contributed by atoms with van der Waals surface area (Å²) in [7, 11) is -7.07. The summed E-state index contributed by atoms with van der Waals surface area (Å²) in [6.45, 7) is -0.365. The number of hydrogen-bond donors (Lipinski definition) is 0. The standard InChI is InChI=1S/C9H12O5S2/c1-15(10,11)14-7-8-16(12,13)9-5-3-2-4-6-9/h2-6H,7-8H2,1H3. The Hall–Kier alpha value is -0.920. The van der Waals surface area contributed by atoms with Crippen molar-refractivity contribution in [2.45, 2.75) is 4.90 Å². The van der Waals surface area contributed by atoms with Crippen LogP contribution in [0.25, 0.3) is 0 Å². The van der Waals surface area contributed by atoms with Crippen molar-refractivity contribution in [2.24, 2.45) is 0 Å². The molecule has 0 saturated carbocycles. The first-order chi connectivity index (χ1) is 7.31. The molecule has 0 unspecified atom stereocenters. The van der Waals surface area contributed by atoms with Gasteiger partial charge in [0.2, 0.25) is 0 Å². The third-order valence-corrected chi connectivity index (χ3v) is 4.04. The second kappa shape index (κ2) is 4.94. The van der Waals surface area contributed by atoms with Crippen LogP contribution in [0.4, 0.5) is 0 Å². The minimum Gasteiger partial charge on any atom is -0.269 e.